The number of thiazole rings is 1. The van der Waals surface area contributed by atoms with Gasteiger partial charge in [-0.1, -0.05) is 11.6 Å². The molecule has 10 heteroatoms. The molecule has 20 heavy (non-hydrogen) atoms. The average Bonchev–Trinajstić information content (AvgIpc) is 2.74. The Morgan fingerprint density at radius 3 is 2.65 bits per heavy atom. The van der Waals surface area contributed by atoms with E-state index in [1.165, 1.54) is 11.3 Å². The summed E-state index contributed by atoms with van der Waals surface area (Å²) in [5.41, 5.74) is 0.715. The number of hydrogen-bond acceptors (Lipinski definition) is 7. The quantitative estimate of drug-likeness (QED) is 0.890. The lowest BCUT2D eigenvalue weighted by Gasteiger charge is -2.16. The van der Waals surface area contributed by atoms with Crippen molar-refractivity contribution in [1.29, 1.82) is 0 Å². The molecule has 7 nitrogen and oxygen atoms in total. The molecule has 0 bridgehead atoms. The molecule has 114 valence electrons. The maximum atomic E-state index is 10.9. The van der Waals surface area contributed by atoms with Gasteiger partial charge in [0.25, 0.3) is 0 Å². The first-order valence-corrected chi connectivity index (χ1v) is 8.39. The zero-order valence-electron chi connectivity index (χ0n) is 11.1. The largest absolute Gasteiger partial charge is 0.342 e. The van der Waals surface area contributed by atoms with Gasteiger partial charge < -0.3 is 9.47 Å². The van der Waals surface area contributed by atoms with Crippen molar-refractivity contribution in [2.24, 2.45) is 5.14 Å². The minimum atomic E-state index is -4.03. The van der Waals surface area contributed by atoms with Crippen molar-refractivity contribution in [3.63, 3.8) is 0 Å². The van der Waals surface area contributed by atoms with Crippen molar-refractivity contribution in [3.05, 3.63) is 15.0 Å². The highest BCUT2D eigenvalue weighted by Crippen LogP contribution is 2.42. The number of hydrogen-bond donors (Lipinski definition) is 1. The van der Waals surface area contributed by atoms with Crippen molar-refractivity contribution in [2.75, 3.05) is 6.61 Å². The molecule has 1 aromatic rings. The summed E-state index contributed by atoms with van der Waals surface area (Å²) in [5, 5.41) is 4.82. The van der Waals surface area contributed by atoms with Gasteiger partial charge >= 0.3 is 10.3 Å². The second kappa shape index (κ2) is 5.48. The van der Waals surface area contributed by atoms with Gasteiger partial charge in [0.15, 0.2) is 10.3 Å². The molecule has 1 aliphatic rings. The Labute approximate surface area is 126 Å². The standard InChI is InChI=1S/C10H15ClN2O5S2/c1-5-8(19-9(11)13-5)7-6(4-16-20(12,14)15)17-10(2,3)18-7/h6-7H,4H2,1-3H3,(H2,12,14,15)/t6-,7+/m1/s1. The molecule has 1 aliphatic heterocycles. The minimum Gasteiger partial charge on any atom is -0.342 e. The Balaban J connectivity index is 2.22. The second-order valence-electron chi connectivity index (χ2n) is 4.79. The number of aryl methyl sites for hydroxylation is 1. The van der Waals surface area contributed by atoms with E-state index in [0.717, 1.165) is 4.88 Å². The molecule has 0 aliphatic carbocycles. The first kappa shape index (κ1) is 16.1. The third kappa shape index (κ3) is 3.88. The summed E-state index contributed by atoms with van der Waals surface area (Å²) in [5.74, 6) is -0.861. The Morgan fingerprint density at radius 2 is 2.15 bits per heavy atom. The molecule has 1 fully saturated rings. The Hall–Kier alpha value is -0.290. The van der Waals surface area contributed by atoms with E-state index in [1.807, 2.05) is 0 Å². The van der Waals surface area contributed by atoms with Gasteiger partial charge in [-0.15, -0.1) is 11.3 Å². The number of halogens is 1. The fourth-order valence-electron chi connectivity index (χ4n) is 1.98. The number of nitrogens with zero attached hydrogens (tertiary/aromatic N) is 1. The van der Waals surface area contributed by atoms with Crippen LogP contribution in [0.5, 0.6) is 0 Å². The monoisotopic (exact) mass is 342 g/mol. The maximum Gasteiger partial charge on any atom is 0.333 e. The summed E-state index contributed by atoms with van der Waals surface area (Å²) < 4.78 is 38.2. The predicted octanol–water partition coefficient (Wildman–Crippen LogP) is 1.52. The lowest BCUT2D eigenvalue weighted by atomic mass is 10.1. The van der Waals surface area contributed by atoms with Crippen LogP contribution in [0.2, 0.25) is 4.47 Å². The summed E-state index contributed by atoms with van der Waals surface area (Å²) in [6.45, 7) is 5.02. The highest BCUT2D eigenvalue weighted by atomic mass is 35.5. The van der Waals surface area contributed by atoms with Crippen molar-refractivity contribution in [3.8, 4) is 0 Å². The summed E-state index contributed by atoms with van der Waals surface area (Å²) in [7, 11) is -4.03. The van der Waals surface area contributed by atoms with Crippen LogP contribution in [0.1, 0.15) is 30.5 Å². The lowest BCUT2D eigenvalue weighted by Crippen LogP contribution is -2.28. The molecule has 0 radical (unpaired) electrons. The Kier molecular flexibility index (Phi) is 4.41. The lowest BCUT2D eigenvalue weighted by molar-refractivity contribution is -0.148. The first-order valence-electron chi connectivity index (χ1n) is 5.73. The molecule has 0 spiro atoms. The van der Waals surface area contributed by atoms with E-state index < -0.39 is 28.3 Å². The molecule has 0 unspecified atom stereocenters. The van der Waals surface area contributed by atoms with E-state index in [9.17, 15) is 8.42 Å². The summed E-state index contributed by atoms with van der Waals surface area (Å²) >= 11 is 7.14. The van der Waals surface area contributed by atoms with Gasteiger partial charge in [0.1, 0.15) is 12.2 Å². The van der Waals surface area contributed by atoms with E-state index in [1.54, 1.807) is 20.8 Å². The molecule has 1 aromatic heterocycles. The predicted molar refractivity (Wildman–Crippen MR) is 73.7 cm³/mol. The molecule has 2 atom stereocenters. The topological polar surface area (TPSA) is 101 Å². The van der Waals surface area contributed by atoms with Gasteiger partial charge in [0.2, 0.25) is 0 Å². The number of aromatic nitrogens is 1. The molecule has 2 heterocycles. The summed E-state index contributed by atoms with van der Waals surface area (Å²) in [4.78, 5) is 4.89. The molecular weight excluding hydrogens is 328 g/mol. The highest BCUT2D eigenvalue weighted by Gasteiger charge is 2.44. The summed E-state index contributed by atoms with van der Waals surface area (Å²) in [6.07, 6.45) is -1.12. The highest BCUT2D eigenvalue weighted by molar-refractivity contribution is 7.84. The third-order valence-corrected chi connectivity index (χ3v) is 4.43. The second-order valence-corrected chi connectivity index (χ2v) is 7.62. The molecular formula is C10H15ClN2O5S2. The fourth-order valence-corrected chi connectivity index (χ4v) is 3.55. The van der Waals surface area contributed by atoms with Crippen LogP contribution in [0.3, 0.4) is 0 Å². The molecule has 2 N–H and O–H groups in total. The third-order valence-electron chi connectivity index (χ3n) is 2.65. The van der Waals surface area contributed by atoms with E-state index in [0.29, 0.717) is 10.2 Å². The Bertz CT molecular complexity index is 601. The van der Waals surface area contributed by atoms with E-state index in [-0.39, 0.29) is 6.61 Å². The van der Waals surface area contributed by atoms with Gasteiger partial charge in [-0.3, -0.25) is 4.18 Å². The van der Waals surface area contributed by atoms with Crippen LogP contribution in [0, 0.1) is 6.92 Å². The minimum absolute atomic E-state index is 0.234. The van der Waals surface area contributed by atoms with E-state index in [2.05, 4.69) is 9.17 Å². The van der Waals surface area contributed by atoms with Gasteiger partial charge in [-0.05, 0) is 20.8 Å². The SMILES string of the molecule is Cc1nc(Cl)sc1[C@H]1OC(C)(C)O[C@@H]1COS(N)(=O)=O. The average molecular weight is 343 g/mol. The molecule has 0 saturated carbocycles. The number of nitrogens with two attached hydrogens (primary N) is 1. The van der Waals surface area contributed by atoms with Crippen molar-refractivity contribution < 1.29 is 22.1 Å². The fraction of sp³-hybridized carbons (Fsp3) is 0.700. The van der Waals surface area contributed by atoms with Crippen LogP contribution in [-0.2, 0) is 24.0 Å². The first-order chi connectivity index (χ1) is 9.07. The van der Waals surface area contributed by atoms with Crippen LogP contribution in [0.25, 0.3) is 0 Å². The van der Waals surface area contributed by atoms with Gasteiger partial charge in [0, 0.05) is 0 Å². The van der Waals surface area contributed by atoms with Gasteiger partial charge in [0.05, 0.1) is 17.2 Å². The number of rotatable bonds is 4. The van der Waals surface area contributed by atoms with Crippen LogP contribution < -0.4 is 5.14 Å². The van der Waals surface area contributed by atoms with E-state index in [4.69, 9.17) is 26.2 Å². The Morgan fingerprint density at radius 1 is 1.50 bits per heavy atom. The van der Waals surface area contributed by atoms with Crippen LogP contribution in [0.4, 0.5) is 0 Å². The van der Waals surface area contributed by atoms with Gasteiger partial charge in [-0.25, -0.2) is 10.1 Å². The smallest absolute Gasteiger partial charge is 0.333 e. The summed E-state index contributed by atoms with van der Waals surface area (Å²) in [6, 6.07) is 0. The molecule has 0 aromatic carbocycles. The molecule has 2 rings (SSSR count). The zero-order valence-corrected chi connectivity index (χ0v) is 13.5. The number of ether oxygens (including phenoxy) is 2. The molecule has 0 amide bonds. The van der Waals surface area contributed by atoms with Gasteiger partial charge in [-0.2, -0.15) is 8.42 Å². The normalized spacial score (nSPS) is 26.1. The van der Waals surface area contributed by atoms with Crippen molar-refractivity contribution in [2.45, 2.75) is 38.8 Å². The van der Waals surface area contributed by atoms with Crippen LogP contribution in [0.15, 0.2) is 0 Å². The molecule has 1 saturated heterocycles. The van der Waals surface area contributed by atoms with Crippen molar-refractivity contribution in [1.82, 2.24) is 4.98 Å². The van der Waals surface area contributed by atoms with Crippen molar-refractivity contribution >= 4 is 33.2 Å². The van der Waals surface area contributed by atoms with Crippen LogP contribution in [-0.4, -0.2) is 31.9 Å². The zero-order chi connectivity index (χ0) is 15.1. The van der Waals surface area contributed by atoms with E-state index >= 15 is 0 Å². The van der Waals surface area contributed by atoms with Crippen LogP contribution >= 0.6 is 22.9 Å². The maximum absolute atomic E-state index is 10.9.